The fourth-order valence-electron chi connectivity index (χ4n) is 3.24. The molecule has 2 rings (SSSR count). The number of halogens is 1. The molecule has 0 unspecified atom stereocenters. The number of hydrogen-bond acceptors (Lipinski definition) is 3. The molecule has 1 aliphatic heterocycles. The van der Waals surface area contributed by atoms with Gasteiger partial charge in [0.2, 0.25) is 5.91 Å². The second-order valence-electron chi connectivity index (χ2n) is 6.41. The molecule has 7 heteroatoms. The molecule has 1 aromatic carbocycles. The number of anilines is 1. The number of rotatable bonds is 7. The third-order valence-corrected chi connectivity index (χ3v) is 4.86. The van der Waals surface area contributed by atoms with Crippen LogP contribution in [0.4, 0.5) is 10.5 Å². The maximum absolute atomic E-state index is 12.8. The molecule has 0 aliphatic carbocycles. The van der Waals surface area contributed by atoms with Crippen LogP contribution in [-0.4, -0.2) is 34.8 Å². The van der Waals surface area contributed by atoms with Crippen LogP contribution in [0.2, 0.25) is 0 Å². The van der Waals surface area contributed by atoms with Gasteiger partial charge in [0.15, 0.2) is 0 Å². The molecule has 1 aromatic rings. The Hall–Kier alpha value is -1.89. The molecule has 1 saturated heterocycles. The van der Waals surface area contributed by atoms with Crippen molar-refractivity contribution >= 4 is 39.5 Å². The molecule has 0 saturated carbocycles. The SMILES string of the molecule is CCCC1(CCC)NC(=O)N(CC(=O)Nc2ccc(Br)cc2C)C1=O. The fraction of sp³-hybridized carbons (Fsp3) is 0.500. The number of nitrogens with zero attached hydrogens (tertiary/aromatic N) is 1. The number of urea groups is 1. The molecular weight excluding hydrogens is 386 g/mol. The number of aryl methyl sites for hydroxylation is 1. The quantitative estimate of drug-likeness (QED) is 0.675. The first-order chi connectivity index (χ1) is 11.8. The highest BCUT2D eigenvalue weighted by atomic mass is 79.9. The van der Waals surface area contributed by atoms with Gasteiger partial charge < -0.3 is 10.6 Å². The van der Waals surface area contributed by atoms with E-state index in [1.165, 1.54) is 0 Å². The van der Waals surface area contributed by atoms with Crippen molar-refractivity contribution in [3.63, 3.8) is 0 Å². The second kappa shape index (κ2) is 7.99. The van der Waals surface area contributed by atoms with Crippen LogP contribution in [0.3, 0.4) is 0 Å². The monoisotopic (exact) mass is 409 g/mol. The van der Waals surface area contributed by atoms with E-state index in [-0.39, 0.29) is 12.5 Å². The molecular formula is C18H24BrN3O3. The van der Waals surface area contributed by atoms with Gasteiger partial charge in [-0.1, -0.05) is 42.6 Å². The van der Waals surface area contributed by atoms with Gasteiger partial charge in [-0.2, -0.15) is 0 Å². The van der Waals surface area contributed by atoms with Crippen LogP contribution < -0.4 is 10.6 Å². The Balaban J connectivity index is 2.09. The van der Waals surface area contributed by atoms with E-state index < -0.39 is 17.5 Å². The first kappa shape index (κ1) is 19.4. The fourth-order valence-corrected chi connectivity index (χ4v) is 3.71. The summed E-state index contributed by atoms with van der Waals surface area (Å²) in [6, 6.07) is 5.00. The Morgan fingerprint density at radius 1 is 1.24 bits per heavy atom. The lowest BCUT2D eigenvalue weighted by molar-refractivity contribution is -0.134. The van der Waals surface area contributed by atoms with Crippen LogP contribution in [0, 0.1) is 6.92 Å². The summed E-state index contributed by atoms with van der Waals surface area (Å²) in [6.07, 6.45) is 2.72. The number of benzene rings is 1. The zero-order valence-corrected chi connectivity index (χ0v) is 16.4. The smallest absolute Gasteiger partial charge is 0.324 e. The lowest BCUT2D eigenvalue weighted by Crippen LogP contribution is -2.47. The number of hydrogen-bond donors (Lipinski definition) is 2. The highest BCUT2D eigenvalue weighted by molar-refractivity contribution is 9.10. The Bertz CT molecular complexity index is 684. The summed E-state index contributed by atoms with van der Waals surface area (Å²) in [6.45, 7) is 5.54. The first-order valence-electron chi connectivity index (χ1n) is 8.53. The Morgan fingerprint density at radius 3 is 2.44 bits per heavy atom. The summed E-state index contributed by atoms with van der Waals surface area (Å²) in [5.41, 5.74) is 0.689. The molecule has 1 aliphatic rings. The summed E-state index contributed by atoms with van der Waals surface area (Å²) in [5, 5.41) is 5.57. The Morgan fingerprint density at radius 2 is 1.88 bits per heavy atom. The molecule has 6 nitrogen and oxygen atoms in total. The summed E-state index contributed by atoms with van der Waals surface area (Å²) in [4.78, 5) is 38.4. The predicted molar refractivity (Wildman–Crippen MR) is 100 cm³/mol. The van der Waals surface area contributed by atoms with Gasteiger partial charge in [-0.3, -0.25) is 14.5 Å². The van der Waals surface area contributed by atoms with E-state index in [9.17, 15) is 14.4 Å². The minimum absolute atomic E-state index is 0.282. The van der Waals surface area contributed by atoms with E-state index in [2.05, 4.69) is 26.6 Å². The largest absolute Gasteiger partial charge is 0.325 e. The number of amides is 4. The summed E-state index contributed by atoms with van der Waals surface area (Å²) in [7, 11) is 0. The van der Waals surface area contributed by atoms with E-state index in [0.29, 0.717) is 18.5 Å². The lowest BCUT2D eigenvalue weighted by atomic mass is 9.88. The van der Waals surface area contributed by atoms with Gasteiger partial charge in [0.05, 0.1) is 0 Å². The molecule has 0 aromatic heterocycles. The third kappa shape index (κ3) is 4.21. The Kier molecular flexibility index (Phi) is 6.21. The van der Waals surface area contributed by atoms with Gasteiger partial charge in [-0.05, 0) is 43.5 Å². The van der Waals surface area contributed by atoms with Crippen molar-refractivity contribution in [2.45, 2.75) is 52.0 Å². The first-order valence-corrected chi connectivity index (χ1v) is 9.32. The lowest BCUT2D eigenvalue weighted by Gasteiger charge is -2.25. The van der Waals surface area contributed by atoms with Crippen molar-refractivity contribution in [3.8, 4) is 0 Å². The maximum atomic E-state index is 12.8. The number of carbonyl (C=O) groups is 3. The molecule has 0 bridgehead atoms. The average molecular weight is 410 g/mol. The zero-order chi connectivity index (χ0) is 18.6. The van der Waals surface area contributed by atoms with Crippen LogP contribution in [0.25, 0.3) is 0 Å². The van der Waals surface area contributed by atoms with E-state index in [1.54, 1.807) is 6.07 Å². The standard InChI is InChI=1S/C18H24BrN3O3/c1-4-8-18(9-5-2)16(24)22(17(25)21-18)11-15(23)20-14-7-6-13(19)10-12(14)3/h6-7,10H,4-5,8-9,11H2,1-3H3,(H,20,23)(H,21,25). The Labute approximate surface area is 156 Å². The highest BCUT2D eigenvalue weighted by Crippen LogP contribution is 2.28. The molecule has 0 spiro atoms. The van der Waals surface area contributed by atoms with E-state index in [4.69, 9.17) is 0 Å². The van der Waals surface area contributed by atoms with Crippen molar-refractivity contribution in [2.75, 3.05) is 11.9 Å². The predicted octanol–water partition coefficient (Wildman–Crippen LogP) is 3.59. The molecule has 4 amide bonds. The summed E-state index contributed by atoms with van der Waals surface area (Å²) < 4.78 is 0.918. The minimum atomic E-state index is -0.867. The molecule has 136 valence electrons. The van der Waals surface area contributed by atoms with E-state index in [0.717, 1.165) is 27.8 Å². The summed E-state index contributed by atoms with van der Waals surface area (Å²) >= 11 is 3.37. The molecule has 25 heavy (non-hydrogen) atoms. The molecule has 1 heterocycles. The molecule has 0 atom stereocenters. The zero-order valence-electron chi connectivity index (χ0n) is 14.8. The highest BCUT2D eigenvalue weighted by Gasteiger charge is 2.50. The van der Waals surface area contributed by atoms with Crippen molar-refractivity contribution in [3.05, 3.63) is 28.2 Å². The normalized spacial score (nSPS) is 16.1. The van der Waals surface area contributed by atoms with Crippen LogP contribution in [0.1, 0.15) is 45.1 Å². The summed E-state index contributed by atoms with van der Waals surface area (Å²) in [5.74, 6) is -0.693. The van der Waals surface area contributed by atoms with Gasteiger partial charge in [-0.25, -0.2) is 4.79 Å². The number of imide groups is 1. The number of carbonyl (C=O) groups excluding carboxylic acids is 3. The van der Waals surface area contributed by atoms with Gasteiger partial charge in [0.25, 0.3) is 5.91 Å². The van der Waals surface area contributed by atoms with Crippen molar-refractivity contribution in [2.24, 2.45) is 0 Å². The van der Waals surface area contributed by atoms with Gasteiger partial charge >= 0.3 is 6.03 Å². The maximum Gasteiger partial charge on any atom is 0.325 e. The second-order valence-corrected chi connectivity index (χ2v) is 7.33. The number of nitrogens with one attached hydrogen (secondary N) is 2. The molecule has 2 N–H and O–H groups in total. The van der Waals surface area contributed by atoms with Crippen molar-refractivity contribution < 1.29 is 14.4 Å². The van der Waals surface area contributed by atoms with E-state index in [1.807, 2.05) is 32.9 Å². The van der Waals surface area contributed by atoms with Gasteiger partial charge in [0.1, 0.15) is 12.1 Å². The van der Waals surface area contributed by atoms with Crippen LogP contribution in [0.15, 0.2) is 22.7 Å². The van der Waals surface area contributed by atoms with E-state index >= 15 is 0 Å². The van der Waals surface area contributed by atoms with Crippen molar-refractivity contribution in [1.29, 1.82) is 0 Å². The third-order valence-electron chi connectivity index (χ3n) is 4.36. The van der Waals surface area contributed by atoms with Crippen molar-refractivity contribution in [1.82, 2.24) is 10.2 Å². The minimum Gasteiger partial charge on any atom is -0.324 e. The average Bonchev–Trinajstić information content (AvgIpc) is 2.75. The molecule has 0 radical (unpaired) electrons. The molecule has 1 fully saturated rings. The topological polar surface area (TPSA) is 78.5 Å². The van der Waals surface area contributed by atoms with Gasteiger partial charge in [-0.15, -0.1) is 0 Å². The van der Waals surface area contributed by atoms with Crippen LogP contribution >= 0.6 is 15.9 Å². The van der Waals surface area contributed by atoms with Gasteiger partial charge in [0, 0.05) is 10.2 Å². The van der Waals surface area contributed by atoms with Crippen LogP contribution in [0.5, 0.6) is 0 Å². The van der Waals surface area contributed by atoms with Crippen LogP contribution in [-0.2, 0) is 9.59 Å².